The fraction of sp³-hybridized carbons (Fsp3) is 0.267. The van der Waals surface area contributed by atoms with E-state index in [2.05, 4.69) is 11.6 Å². The molecule has 0 saturated heterocycles. The average Bonchev–Trinajstić information content (AvgIpc) is 2.76. The number of methoxy groups -OCH3 is 1. The number of rotatable bonds is 5. The first-order valence-electron chi connectivity index (χ1n) is 6.42. The summed E-state index contributed by atoms with van der Waals surface area (Å²) in [5.41, 5.74) is 7.82. The van der Waals surface area contributed by atoms with Gasteiger partial charge in [-0.05, 0) is 18.2 Å². The Bertz CT molecular complexity index is 634. The van der Waals surface area contributed by atoms with Gasteiger partial charge in [0.1, 0.15) is 23.1 Å². The maximum absolute atomic E-state index is 6.20. The number of hydrogen-bond donors (Lipinski definition) is 1. The lowest BCUT2D eigenvalue weighted by Crippen LogP contribution is -2.05. The fourth-order valence-electron chi connectivity index (χ4n) is 2.14. The molecule has 0 saturated carbocycles. The monoisotopic (exact) mass is 291 g/mol. The molecule has 2 rings (SSSR count). The Morgan fingerprint density at radius 2 is 2.25 bits per heavy atom. The van der Waals surface area contributed by atoms with E-state index < -0.39 is 0 Å². The molecule has 0 bridgehead atoms. The topological polar surface area (TPSA) is 53.1 Å². The number of benzene rings is 1. The van der Waals surface area contributed by atoms with Crippen molar-refractivity contribution in [3.63, 3.8) is 0 Å². The van der Waals surface area contributed by atoms with Gasteiger partial charge < -0.3 is 15.0 Å². The largest absolute Gasteiger partial charge is 0.495 e. The highest BCUT2D eigenvalue weighted by Crippen LogP contribution is 2.32. The summed E-state index contributed by atoms with van der Waals surface area (Å²) >= 11 is 6.16. The van der Waals surface area contributed by atoms with Crippen molar-refractivity contribution in [2.45, 2.75) is 19.9 Å². The molecule has 0 amide bonds. The minimum atomic E-state index is 0.542. The summed E-state index contributed by atoms with van der Waals surface area (Å²) in [6.07, 6.45) is 2.61. The van der Waals surface area contributed by atoms with Gasteiger partial charge in [-0.1, -0.05) is 24.6 Å². The van der Waals surface area contributed by atoms with E-state index in [-0.39, 0.29) is 0 Å². The van der Waals surface area contributed by atoms with Crippen LogP contribution in [0.1, 0.15) is 12.7 Å². The van der Waals surface area contributed by atoms with Crippen LogP contribution in [0.5, 0.6) is 5.75 Å². The normalized spacial score (nSPS) is 10.6. The minimum Gasteiger partial charge on any atom is -0.495 e. The van der Waals surface area contributed by atoms with Gasteiger partial charge >= 0.3 is 0 Å². The number of imidazole rings is 1. The van der Waals surface area contributed by atoms with Gasteiger partial charge in [-0.25, -0.2) is 4.98 Å². The molecule has 0 spiro atoms. The van der Waals surface area contributed by atoms with E-state index in [4.69, 9.17) is 22.1 Å². The standard InChI is InChI=1S/C15H18ClN3O/c1-4-8-19-13(5-2)18-14(15(19)17)10-6-7-12(20-3)11(16)9-10/h4,6-7,9H,1,5,8,17H2,2-3H3. The van der Waals surface area contributed by atoms with Crippen molar-refractivity contribution in [2.24, 2.45) is 0 Å². The number of nitrogens with zero attached hydrogens (tertiary/aromatic N) is 2. The third-order valence-corrected chi connectivity index (χ3v) is 3.43. The molecule has 4 nitrogen and oxygen atoms in total. The summed E-state index contributed by atoms with van der Waals surface area (Å²) in [6, 6.07) is 5.53. The Balaban J connectivity index is 2.52. The first kappa shape index (κ1) is 14.5. The smallest absolute Gasteiger partial charge is 0.137 e. The summed E-state index contributed by atoms with van der Waals surface area (Å²) in [7, 11) is 1.59. The summed E-state index contributed by atoms with van der Waals surface area (Å²) < 4.78 is 7.11. The quantitative estimate of drug-likeness (QED) is 0.857. The zero-order valence-corrected chi connectivity index (χ0v) is 12.4. The Labute approximate surface area is 123 Å². The lowest BCUT2D eigenvalue weighted by molar-refractivity contribution is 0.415. The molecule has 1 heterocycles. The number of anilines is 1. The molecule has 0 aliphatic carbocycles. The molecule has 20 heavy (non-hydrogen) atoms. The van der Waals surface area contributed by atoms with Crippen molar-refractivity contribution in [1.29, 1.82) is 0 Å². The van der Waals surface area contributed by atoms with Crippen LogP contribution in [0, 0.1) is 0 Å². The predicted molar refractivity (Wildman–Crippen MR) is 83.2 cm³/mol. The molecule has 0 aliphatic rings. The van der Waals surface area contributed by atoms with Gasteiger partial charge in [-0.2, -0.15) is 0 Å². The SMILES string of the molecule is C=CCn1c(CC)nc(-c2ccc(OC)c(Cl)c2)c1N. The zero-order valence-electron chi connectivity index (χ0n) is 11.7. The van der Waals surface area contributed by atoms with Gasteiger partial charge in [-0.15, -0.1) is 6.58 Å². The van der Waals surface area contributed by atoms with Crippen LogP contribution in [-0.4, -0.2) is 16.7 Å². The van der Waals surface area contributed by atoms with Crippen molar-refractivity contribution in [2.75, 3.05) is 12.8 Å². The van der Waals surface area contributed by atoms with Gasteiger partial charge in [0.2, 0.25) is 0 Å². The molecule has 2 aromatic rings. The third-order valence-electron chi connectivity index (χ3n) is 3.14. The third kappa shape index (κ3) is 2.51. The molecule has 106 valence electrons. The number of hydrogen-bond acceptors (Lipinski definition) is 3. The predicted octanol–water partition coefficient (Wildman–Crippen LogP) is 3.54. The lowest BCUT2D eigenvalue weighted by Gasteiger charge is -2.06. The van der Waals surface area contributed by atoms with Crippen molar-refractivity contribution >= 4 is 17.4 Å². The fourth-order valence-corrected chi connectivity index (χ4v) is 2.40. The van der Waals surface area contributed by atoms with Crippen molar-refractivity contribution in [3.8, 4) is 17.0 Å². The van der Waals surface area contributed by atoms with Crippen LogP contribution in [0.4, 0.5) is 5.82 Å². The second-order valence-corrected chi connectivity index (χ2v) is 4.77. The van der Waals surface area contributed by atoms with E-state index in [0.717, 1.165) is 23.5 Å². The number of allylic oxidation sites excluding steroid dienone is 1. The van der Waals surface area contributed by atoms with Gasteiger partial charge in [-0.3, -0.25) is 0 Å². The van der Waals surface area contributed by atoms with Crippen LogP contribution in [0.2, 0.25) is 5.02 Å². The number of nitrogens with two attached hydrogens (primary N) is 1. The molecule has 0 atom stereocenters. The number of aromatic nitrogens is 2. The van der Waals surface area contributed by atoms with E-state index in [1.165, 1.54) is 0 Å². The summed E-state index contributed by atoms with van der Waals surface area (Å²) in [6.45, 7) is 6.44. The second kappa shape index (κ2) is 6.01. The van der Waals surface area contributed by atoms with E-state index in [1.807, 2.05) is 35.8 Å². The van der Waals surface area contributed by atoms with Crippen LogP contribution >= 0.6 is 11.6 Å². The molecule has 0 radical (unpaired) electrons. The first-order valence-corrected chi connectivity index (χ1v) is 6.79. The average molecular weight is 292 g/mol. The second-order valence-electron chi connectivity index (χ2n) is 4.36. The number of ether oxygens (including phenoxy) is 1. The van der Waals surface area contributed by atoms with E-state index in [0.29, 0.717) is 23.1 Å². The minimum absolute atomic E-state index is 0.542. The molecule has 0 unspecified atom stereocenters. The molecule has 0 aliphatic heterocycles. The number of halogens is 1. The van der Waals surface area contributed by atoms with Crippen molar-refractivity contribution in [3.05, 3.63) is 41.7 Å². The molecule has 0 fully saturated rings. The van der Waals surface area contributed by atoms with E-state index >= 15 is 0 Å². The first-order chi connectivity index (χ1) is 9.62. The Kier molecular flexibility index (Phi) is 4.35. The van der Waals surface area contributed by atoms with Gasteiger partial charge in [0.05, 0.1) is 12.1 Å². The Morgan fingerprint density at radius 3 is 2.80 bits per heavy atom. The lowest BCUT2D eigenvalue weighted by atomic mass is 10.1. The molecular formula is C15H18ClN3O. The number of nitrogen functional groups attached to an aromatic ring is 1. The van der Waals surface area contributed by atoms with Crippen LogP contribution in [0.25, 0.3) is 11.3 Å². The number of aryl methyl sites for hydroxylation is 1. The van der Waals surface area contributed by atoms with Gasteiger partial charge in [0.15, 0.2) is 0 Å². The molecule has 2 N–H and O–H groups in total. The highest BCUT2D eigenvalue weighted by molar-refractivity contribution is 6.32. The van der Waals surface area contributed by atoms with Crippen molar-refractivity contribution < 1.29 is 4.74 Å². The highest BCUT2D eigenvalue weighted by atomic mass is 35.5. The van der Waals surface area contributed by atoms with E-state index in [1.54, 1.807) is 7.11 Å². The maximum Gasteiger partial charge on any atom is 0.137 e. The molecule has 1 aromatic carbocycles. The summed E-state index contributed by atoms with van der Waals surface area (Å²) in [4.78, 5) is 4.60. The van der Waals surface area contributed by atoms with Gasteiger partial charge in [0, 0.05) is 18.5 Å². The maximum atomic E-state index is 6.20. The highest BCUT2D eigenvalue weighted by Gasteiger charge is 2.15. The van der Waals surface area contributed by atoms with Gasteiger partial charge in [0.25, 0.3) is 0 Å². The molecule has 1 aromatic heterocycles. The molecular weight excluding hydrogens is 274 g/mol. The Morgan fingerprint density at radius 1 is 1.50 bits per heavy atom. The summed E-state index contributed by atoms with van der Waals surface area (Å²) in [5, 5.41) is 0.542. The van der Waals surface area contributed by atoms with E-state index in [9.17, 15) is 0 Å². The van der Waals surface area contributed by atoms with Crippen LogP contribution in [0.3, 0.4) is 0 Å². The summed E-state index contributed by atoms with van der Waals surface area (Å²) in [5.74, 6) is 2.20. The Hall–Kier alpha value is -1.94. The van der Waals surface area contributed by atoms with Crippen LogP contribution < -0.4 is 10.5 Å². The van der Waals surface area contributed by atoms with Crippen LogP contribution in [0.15, 0.2) is 30.9 Å². The zero-order chi connectivity index (χ0) is 14.7. The van der Waals surface area contributed by atoms with Crippen LogP contribution in [-0.2, 0) is 13.0 Å². The van der Waals surface area contributed by atoms with Crippen molar-refractivity contribution in [1.82, 2.24) is 9.55 Å². The molecule has 5 heteroatoms.